The summed E-state index contributed by atoms with van der Waals surface area (Å²) in [5, 5.41) is 1.92. The van der Waals surface area contributed by atoms with Crippen LogP contribution in [0.1, 0.15) is 25.7 Å². The molecule has 82 valence electrons. The molecule has 0 bridgehead atoms. The second-order valence-corrected chi connectivity index (χ2v) is 3.53. The molecule has 0 saturated heterocycles. The van der Waals surface area contributed by atoms with Gasteiger partial charge in [-0.15, -0.1) is 0 Å². The zero-order valence-corrected chi connectivity index (χ0v) is 7.60. The Hall–Kier alpha value is -0.780. The first-order valence-corrected chi connectivity index (χ1v) is 4.54. The van der Waals surface area contributed by atoms with Crippen molar-refractivity contribution in [2.45, 2.75) is 43.9 Å². The molecule has 1 aliphatic carbocycles. The first-order valence-electron chi connectivity index (χ1n) is 4.54. The lowest BCUT2D eigenvalue weighted by atomic mass is 9.91. The molecule has 14 heavy (non-hydrogen) atoms. The van der Waals surface area contributed by atoms with E-state index in [4.69, 9.17) is 5.73 Å². The number of halogens is 3. The van der Waals surface area contributed by atoms with Crippen LogP contribution in [0.4, 0.5) is 13.2 Å². The Kier molecular flexibility index (Phi) is 3.36. The van der Waals surface area contributed by atoms with Gasteiger partial charge in [-0.05, 0) is 12.8 Å². The summed E-state index contributed by atoms with van der Waals surface area (Å²) in [6.45, 7) is 0. The molecule has 3 N–H and O–H groups in total. The van der Waals surface area contributed by atoms with Gasteiger partial charge in [0.15, 0.2) is 0 Å². The molecule has 0 aliphatic heterocycles. The Bertz CT molecular complexity index is 217. The third-order valence-corrected chi connectivity index (χ3v) is 2.39. The van der Waals surface area contributed by atoms with Crippen LogP contribution in [-0.2, 0) is 4.79 Å². The van der Waals surface area contributed by atoms with Gasteiger partial charge in [-0.25, -0.2) is 0 Å². The summed E-state index contributed by atoms with van der Waals surface area (Å²) in [6.07, 6.45) is -1.88. The van der Waals surface area contributed by atoms with E-state index < -0.39 is 18.1 Å². The van der Waals surface area contributed by atoms with Gasteiger partial charge in [0, 0.05) is 12.1 Å². The molecule has 1 rings (SSSR count). The Balaban J connectivity index is 2.46. The van der Waals surface area contributed by atoms with Gasteiger partial charge in [-0.2, -0.15) is 13.2 Å². The number of hydrogen-bond donors (Lipinski definition) is 2. The Morgan fingerprint density at radius 3 is 2.36 bits per heavy atom. The van der Waals surface area contributed by atoms with Gasteiger partial charge in [0.05, 0.1) is 0 Å². The molecular formula is C8H13F3N2O. The van der Waals surface area contributed by atoms with E-state index in [1.54, 1.807) is 0 Å². The number of carbonyl (C=O) groups excluding carboxylic acids is 1. The van der Waals surface area contributed by atoms with Gasteiger partial charge in [0.25, 0.3) is 0 Å². The highest BCUT2D eigenvalue weighted by Gasteiger charge is 2.40. The van der Waals surface area contributed by atoms with Crippen molar-refractivity contribution >= 4 is 5.91 Å². The van der Waals surface area contributed by atoms with Crippen LogP contribution in [0.15, 0.2) is 0 Å². The fraction of sp³-hybridized carbons (Fsp3) is 0.875. The lowest BCUT2D eigenvalue weighted by Gasteiger charge is -2.29. The molecule has 1 unspecified atom stereocenters. The number of nitrogens with one attached hydrogen (secondary N) is 1. The summed E-state index contributed by atoms with van der Waals surface area (Å²) in [5.41, 5.74) is 5.59. The minimum Gasteiger partial charge on any atom is -0.344 e. The predicted octanol–water partition coefficient (Wildman–Crippen LogP) is 0.935. The number of rotatable bonds is 1. The maximum absolute atomic E-state index is 11.9. The van der Waals surface area contributed by atoms with Crippen LogP contribution in [0, 0.1) is 0 Å². The molecule has 0 aromatic rings. The number of alkyl halides is 3. The summed E-state index contributed by atoms with van der Waals surface area (Å²) in [5.74, 6) is -1.89. The minimum absolute atomic E-state index is 0.352. The number of carbonyl (C=O) groups is 1. The molecule has 6 heteroatoms. The lowest BCUT2D eigenvalue weighted by molar-refractivity contribution is -0.174. The monoisotopic (exact) mass is 210 g/mol. The molecule has 1 saturated carbocycles. The van der Waals surface area contributed by atoms with E-state index in [2.05, 4.69) is 0 Å². The predicted molar refractivity (Wildman–Crippen MR) is 44.4 cm³/mol. The second-order valence-electron chi connectivity index (χ2n) is 3.53. The summed E-state index contributed by atoms with van der Waals surface area (Å²) < 4.78 is 35.6. The van der Waals surface area contributed by atoms with E-state index in [0.29, 0.717) is 12.8 Å². The zero-order valence-electron chi connectivity index (χ0n) is 7.60. The van der Waals surface area contributed by atoms with Crippen molar-refractivity contribution in [1.29, 1.82) is 0 Å². The molecule has 0 spiro atoms. The molecule has 0 heterocycles. The average molecular weight is 210 g/mol. The summed E-state index contributed by atoms with van der Waals surface area (Å²) >= 11 is 0. The van der Waals surface area contributed by atoms with E-state index in [1.165, 1.54) is 0 Å². The van der Waals surface area contributed by atoms with Crippen molar-refractivity contribution in [3.8, 4) is 0 Å². The highest BCUT2D eigenvalue weighted by atomic mass is 19.4. The highest BCUT2D eigenvalue weighted by Crippen LogP contribution is 2.20. The van der Waals surface area contributed by atoms with Crippen molar-refractivity contribution in [3.63, 3.8) is 0 Å². The van der Waals surface area contributed by atoms with E-state index in [9.17, 15) is 18.0 Å². The number of nitrogens with two attached hydrogens (primary N) is 1. The molecule has 1 amide bonds. The Morgan fingerprint density at radius 2 is 1.86 bits per heavy atom. The standard InChI is InChI=1S/C8H13F3N2O/c9-8(10,11)7(14)13-6-4-2-1-3-5(6)12/h5-6H,1-4,12H2,(H,13,14)/t5?,6-/m0/s1. The van der Waals surface area contributed by atoms with Crippen LogP contribution in [0.5, 0.6) is 0 Å². The third kappa shape index (κ3) is 2.87. The smallest absolute Gasteiger partial charge is 0.344 e. The van der Waals surface area contributed by atoms with Gasteiger partial charge in [-0.3, -0.25) is 4.79 Å². The quantitative estimate of drug-likeness (QED) is 0.676. The van der Waals surface area contributed by atoms with Gasteiger partial charge >= 0.3 is 12.1 Å². The van der Waals surface area contributed by atoms with Crippen LogP contribution in [-0.4, -0.2) is 24.2 Å². The molecule has 0 radical (unpaired) electrons. The van der Waals surface area contributed by atoms with Crippen molar-refractivity contribution in [1.82, 2.24) is 5.32 Å². The Morgan fingerprint density at radius 1 is 1.29 bits per heavy atom. The van der Waals surface area contributed by atoms with E-state index in [0.717, 1.165) is 12.8 Å². The molecule has 1 aliphatic rings. The topological polar surface area (TPSA) is 55.1 Å². The SMILES string of the molecule is NC1CCCC[C@@H]1NC(=O)C(F)(F)F. The molecule has 0 aromatic heterocycles. The Labute approximate surface area is 79.8 Å². The van der Waals surface area contributed by atoms with E-state index >= 15 is 0 Å². The van der Waals surface area contributed by atoms with Crippen LogP contribution < -0.4 is 11.1 Å². The fourth-order valence-corrected chi connectivity index (χ4v) is 1.59. The van der Waals surface area contributed by atoms with E-state index in [-0.39, 0.29) is 6.04 Å². The fourth-order valence-electron chi connectivity index (χ4n) is 1.59. The van der Waals surface area contributed by atoms with Crippen molar-refractivity contribution in [2.75, 3.05) is 0 Å². The third-order valence-electron chi connectivity index (χ3n) is 2.39. The van der Waals surface area contributed by atoms with Gasteiger partial charge in [0.1, 0.15) is 0 Å². The second kappa shape index (κ2) is 4.16. The van der Waals surface area contributed by atoms with Crippen LogP contribution in [0.25, 0.3) is 0 Å². The van der Waals surface area contributed by atoms with Crippen molar-refractivity contribution < 1.29 is 18.0 Å². The molecular weight excluding hydrogens is 197 g/mol. The highest BCUT2D eigenvalue weighted by molar-refractivity contribution is 5.82. The molecule has 2 atom stereocenters. The zero-order chi connectivity index (χ0) is 10.8. The van der Waals surface area contributed by atoms with Crippen molar-refractivity contribution in [3.05, 3.63) is 0 Å². The summed E-state index contributed by atoms with van der Waals surface area (Å²) in [7, 11) is 0. The summed E-state index contributed by atoms with van der Waals surface area (Å²) in [4.78, 5) is 10.6. The van der Waals surface area contributed by atoms with Crippen LogP contribution in [0.3, 0.4) is 0 Å². The van der Waals surface area contributed by atoms with Gasteiger partial charge in [0.2, 0.25) is 0 Å². The largest absolute Gasteiger partial charge is 0.471 e. The summed E-state index contributed by atoms with van der Waals surface area (Å²) in [6, 6.07) is -0.882. The molecule has 3 nitrogen and oxygen atoms in total. The van der Waals surface area contributed by atoms with Crippen LogP contribution in [0.2, 0.25) is 0 Å². The minimum atomic E-state index is -4.81. The average Bonchev–Trinajstić information content (AvgIpc) is 2.07. The number of amides is 1. The molecule has 1 fully saturated rings. The van der Waals surface area contributed by atoms with Gasteiger partial charge in [-0.1, -0.05) is 12.8 Å². The van der Waals surface area contributed by atoms with E-state index in [1.807, 2.05) is 5.32 Å². The first kappa shape index (κ1) is 11.3. The van der Waals surface area contributed by atoms with Crippen molar-refractivity contribution in [2.24, 2.45) is 5.73 Å². The lowest BCUT2D eigenvalue weighted by Crippen LogP contribution is -2.52. The van der Waals surface area contributed by atoms with Gasteiger partial charge < -0.3 is 11.1 Å². The first-order chi connectivity index (χ1) is 6.41. The van der Waals surface area contributed by atoms with Crippen LogP contribution >= 0.6 is 0 Å². The maximum Gasteiger partial charge on any atom is 0.471 e. The number of hydrogen-bond acceptors (Lipinski definition) is 2. The normalized spacial score (nSPS) is 28.6. The maximum atomic E-state index is 11.9. The molecule has 0 aromatic carbocycles.